The molecule has 0 radical (unpaired) electrons. The van der Waals surface area contributed by atoms with Crippen LogP contribution >= 0.6 is 47.3 Å². The van der Waals surface area contributed by atoms with Crippen molar-refractivity contribution in [3.8, 4) is 0 Å². The zero-order valence-electron chi connectivity index (χ0n) is 14.7. The second-order valence-electron chi connectivity index (χ2n) is 5.35. The van der Waals surface area contributed by atoms with Gasteiger partial charge in [-0.15, -0.1) is 35.7 Å². The van der Waals surface area contributed by atoms with Crippen molar-refractivity contribution in [1.29, 1.82) is 0 Å². The number of nitrogens with zero attached hydrogens (tertiary/aromatic N) is 1. The molecule has 0 unspecified atom stereocenters. The molecular weight excluding hydrogens is 481 g/mol. The minimum atomic E-state index is 0. The molecule has 0 bridgehead atoms. The average molecular weight is 506 g/mol. The third-order valence-corrected chi connectivity index (χ3v) is 4.78. The van der Waals surface area contributed by atoms with Crippen LogP contribution in [0.3, 0.4) is 0 Å². The maximum Gasteiger partial charge on any atom is 0.191 e. The molecule has 0 atom stereocenters. The van der Waals surface area contributed by atoms with Crippen LogP contribution in [0.15, 0.2) is 58.4 Å². The summed E-state index contributed by atoms with van der Waals surface area (Å²) < 4.78 is 0. The van der Waals surface area contributed by atoms with Crippen molar-refractivity contribution in [2.75, 3.05) is 18.8 Å². The largest absolute Gasteiger partial charge is 0.392 e. The normalized spacial score (nSPS) is 11.0. The molecule has 142 valence electrons. The van der Waals surface area contributed by atoms with E-state index < -0.39 is 0 Å². The van der Waals surface area contributed by atoms with Gasteiger partial charge in [0.2, 0.25) is 0 Å². The summed E-state index contributed by atoms with van der Waals surface area (Å²) in [4.78, 5) is 5.80. The second-order valence-corrected chi connectivity index (χ2v) is 6.96. The van der Waals surface area contributed by atoms with E-state index in [9.17, 15) is 5.11 Å². The zero-order chi connectivity index (χ0) is 17.9. The Morgan fingerprint density at radius 1 is 1.08 bits per heavy atom. The third-order valence-electron chi connectivity index (χ3n) is 3.52. The molecule has 2 aromatic rings. The second kappa shape index (κ2) is 13.2. The number of aliphatic hydroxyl groups excluding tert-OH is 1. The lowest BCUT2D eigenvalue weighted by molar-refractivity contribution is 0.280. The monoisotopic (exact) mass is 505 g/mol. The summed E-state index contributed by atoms with van der Waals surface area (Å²) in [6.45, 7) is 4.23. The fourth-order valence-corrected chi connectivity index (χ4v) is 3.14. The first kappa shape index (κ1) is 23.1. The van der Waals surface area contributed by atoms with Gasteiger partial charge in [-0.25, -0.2) is 4.99 Å². The predicted molar refractivity (Wildman–Crippen MR) is 123 cm³/mol. The van der Waals surface area contributed by atoms with E-state index in [0.717, 1.165) is 41.0 Å². The topological polar surface area (TPSA) is 56.7 Å². The zero-order valence-corrected chi connectivity index (χ0v) is 18.6. The lowest BCUT2D eigenvalue weighted by atomic mass is 10.1. The van der Waals surface area contributed by atoms with Gasteiger partial charge in [-0.05, 0) is 42.3 Å². The SMILES string of the molecule is CCNC(=NCc1ccccc1CO)NCCSc1ccc(Cl)cc1.I. The maximum atomic E-state index is 9.39. The van der Waals surface area contributed by atoms with Crippen LogP contribution in [0, 0.1) is 0 Å². The third kappa shape index (κ3) is 8.16. The van der Waals surface area contributed by atoms with Gasteiger partial charge in [0.15, 0.2) is 5.96 Å². The Labute approximate surface area is 181 Å². The minimum absolute atomic E-state index is 0. The lowest BCUT2D eigenvalue weighted by Gasteiger charge is -2.12. The molecule has 26 heavy (non-hydrogen) atoms. The molecule has 2 rings (SSSR count). The molecule has 0 saturated carbocycles. The van der Waals surface area contributed by atoms with Gasteiger partial charge in [0.25, 0.3) is 0 Å². The summed E-state index contributed by atoms with van der Waals surface area (Å²) in [5.41, 5.74) is 1.96. The number of guanidine groups is 1. The summed E-state index contributed by atoms with van der Waals surface area (Å²) in [5, 5.41) is 16.7. The highest BCUT2D eigenvalue weighted by atomic mass is 127. The molecule has 0 aliphatic carbocycles. The number of nitrogens with one attached hydrogen (secondary N) is 2. The van der Waals surface area contributed by atoms with E-state index in [4.69, 9.17) is 11.6 Å². The molecule has 0 heterocycles. The number of aliphatic hydroxyl groups is 1. The van der Waals surface area contributed by atoms with Crippen LogP contribution in [0.1, 0.15) is 18.1 Å². The lowest BCUT2D eigenvalue weighted by Crippen LogP contribution is -2.38. The summed E-state index contributed by atoms with van der Waals surface area (Å²) in [6.07, 6.45) is 0. The molecule has 2 aromatic carbocycles. The van der Waals surface area contributed by atoms with Gasteiger partial charge < -0.3 is 15.7 Å². The van der Waals surface area contributed by atoms with Crippen molar-refractivity contribution in [2.45, 2.75) is 25.0 Å². The van der Waals surface area contributed by atoms with Gasteiger partial charge in [-0.3, -0.25) is 0 Å². The Kier molecular flexibility index (Phi) is 11.8. The van der Waals surface area contributed by atoms with Crippen LogP contribution in [0.2, 0.25) is 5.02 Å². The van der Waals surface area contributed by atoms with Crippen LogP contribution in [0.25, 0.3) is 0 Å². The smallest absolute Gasteiger partial charge is 0.191 e. The van der Waals surface area contributed by atoms with Crippen LogP contribution < -0.4 is 10.6 Å². The highest BCUT2D eigenvalue weighted by molar-refractivity contribution is 14.0. The van der Waals surface area contributed by atoms with Gasteiger partial charge in [0, 0.05) is 28.8 Å². The van der Waals surface area contributed by atoms with Gasteiger partial charge in [0.1, 0.15) is 0 Å². The van der Waals surface area contributed by atoms with Gasteiger partial charge in [-0.1, -0.05) is 35.9 Å². The van der Waals surface area contributed by atoms with Crippen LogP contribution in [-0.4, -0.2) is 29.9 Å². The first-order chi connectivity index (χ1) is 12.2. The van der Waals surface area contributed by atoms with Crippen molar-refractivity contribution in [3.63, 3.8) is 0 Å². The minimum Gasteiger partial charge on any atom is -0.392 e. The molecule has 0 saturated heterocycles. The summed E-state index contributed by atoms with van der Waals surface area (Å²) in [6, 6.07) is 15.7. The molecule has 0 spiro atoms. The van der Waals surface area contributed by atoms with Gasteiger partial charge in [0.05, 0.1) is 13.2 Å². The molecular formula is C19H25ClIN3OS. The van der Waals surface area contributed by atoms with Crippen LogP contribution in [0.5, 0.6) is 0 Å². The van der Waals surface area contributed by atoms with E-state index in [2.05, 4.69) is 15.6 Å². The first-order valence-corrected chi connectivity index (χ1v) is 9.67. The van der Waals surface area contributed by atoms with E-state index in [1.165, 1.54) is 4.90 Å². The van der Waals surface area contributed by atoms with Gasteiger partial charge in [-0.2, -0.15) is 0 Å². The number of rotatable bonds is 8. The molecule has 0 aliphatic heterocycles. The summed E-state index contributed by atoms with van der Waals surface area (Å²) in [7, 11) is 0. The number of hydrogen-bond donors (Lipinski definition) is 3. The molecule has 7 heteroatoms. The van der Waals surface area contributed by atoms with E-state index in [1.54, 1.807) is 11.8 Å². The Morgan fingerprint density at radius 3 is 2.42 bits per heavy atom. The Balaban J connectivity index is 0.00000338. The Hall–Kier alpha value is -0.960. The summed E-state index contributed by atoms with van der Waals surface area (Å²) in [5.74, 6) is 1.71. The molecule has 0 aliphatic rings. The van der Waals surface area contributed by atoms with Crippen molar-refractivity contribution in [1.82, 2.24) is 10.6 Å². The molecule has 4 nitrogen and oxygen atoms in total. The fourth-order valence-electron chi connectivity index (χ4n) is 2.24. The number of thioether (sulfide) groups is 1. The molecule has 3 N–H and O–H groups in total. The van der Waals surface area contributed by atoms with Crippen LogP contribution in [-0.2, 0) is 13.2 Å². The van der Waals surface area contributed by atoms with Crippen molar-refractivity contribution in [3.05, 3.63) is 64.7 Å². The van der Waals surface area contributed by atoms with Crippen molar-refractivity contribution < 1.29 is 5.11 Å². The van der Waals surface area contributed by atoms with Crippen LogP contribution in [0.4, 0.5) is 0 Å². The van der Waals surface area contributed by atoms with Crippen molar-refractivity contribution in [2.24, 2.45) is 4.99 Å². The van der Waals surface area contributed by atoms with E-state index >= 15 is 0 Å². The molecule has 0 aromatic heterocycles. The fraction of sp³-hybridized carbons (Fsp3) is 0.316. The molecule has 0 amide bonds. The van der Waals surface area contributed by atoms with E-state index in [0.29, 0.717) is 6.54 Å². The molecule has 0 fully saturated rings. The maximum absolute atomic E-state index is 9.39. The first-order valence-electron chi connectivity index (χ1n) is 8.31. The van der Waals surface area contributed by atoms with E-state index in [1.807, 2.05) is 55.5 Å². The highest BCUT2D eigenvalue weighted by Crippen LogP contribution is 2.19. The van der Waals surface area contributed by atoms with Gasteiger partial charge >= 0.3 is 0 Å². The highest BCUT2D eigenvalue weighted by Gasteiger charge is 2.02. The predicted octanol–water partition coefficient (Wildman–Crippen LogP) is 4.30. The summed E-state index contributed by atoms with van der Waals surface area (Å²) >= 11 is 7.67. The Bertz CT molecular complexity index is 683. The quantitative estimate of drug-likeness (QED) is 0.165. The number of aliphatic imine (C=N–C) groups is 1. The number of hydrogen-bond acceptors (Lipinski definition) is 3. The Morgan fingerprint density at radius 2 is 1.77 bits per heavy atom. The standard InChI is InChI=1S/C19H24ClN3OS.HI/c1-2-21-19(23-13-15-5-3-4-6-16(15)14-24)22-11-12-25-18-9-7-17(20)8-10-18;/h3-10,24H,2,11-14H2,1H3,(H2,21,22,23);1H. The number of halogens is 2. The van der Waals surface area contributed by atoms with E-state index in [-0.39, 0.29) is 30.6 Å². The average Bonchev–Trinajstić information content (AvgIpc) is 2.64. The van der Waals surface area contributed by atoms with Crippen molar-refractivity contribution >= 4 is 53.3 Å². The number of benzene rings is 2.